The molecule has 3 heterocycles. The standard InChI is InChI=1S/C32H28N4O3S/c1-37-24-15-17-26(18-16-24)39-25-13-11-22(12-14-25)36-31(30(34-32(36)40)28-9-3-4-19-33-28)29-10-6-20-35(29)23-7-5-8-27(21-23)38-2/h3-21,30-31H,1-2H3,(H,34,40)/t30-,31-/m0/s1. The van der Waals surface area contributed by atoms with Gasteiger partial charge in [-0.2, -0.15) is 0 Å². The van der Waals surface area contributed by atoms with Gasteiger partial charge in [-0.1, -0.05) is 12.1 Å². The number of aromatic nitrogens is 2. The van der Waals surface area contributed by atoms with Gasteiger partial charge in [-0.3, -0.25) is 4.98 Å². The second-order valence-corrected chi connectivity index (χ2v) is 9.66. The van der Waals surface area contributed by atoms with E-state index in [2.05, 4.69) is 44.2 Å². The second-order valence-electron chi connectivity index (χ2n) is 9.27. The van der Waals surface area contributed by atoms with Crippen molar-refractivity contribution in [2.24, 2.45) is 0 Å². The molecule has 0 saturated carbocycles. The molecule has 1 N–H and O–H groups in total. The lowest BCUT2D eigenvalue weighted by Crippen LogP contribution is -2.30. The Morgan fingerprint density at radius 2 is 1.45 bits per heavy atom. The van der Waals surface area contributed by atoms with Crippen LogP contribution in [0.3, 0.4) is 0 Å². The minimum Gasteiger partial charge on any atom is -0.497 e. The zero-order valence-corrected chi connectivity index (χ0v) is 22.9. The summed E-state index contributed by atoms with van der Waals surface area (Å²) in [7, 11) is 3.32. The SMILES string of the molecule is COc1ccc(Oc2ccc(N3C(=S)N[C@@H](c4ccccn4)[C@@H]3c3cccn3-c3cccc(OC)c3)cc2)cc1. The molecule has 6 rings (SSSR count). The molecule has 1 aliphatic heterocycles. The molecule has 0 bridgehead atoms. The largest absolute Gasteiger partial charge is 0.497 e. The number of pyridine rings is 1. The van der Waals surface area contributed by atoms with Crippen molar-refractivity contribution < 1.29 is 14.2 Å². The van der Waals surface area contributed by atoms with Gasteiger partial charge in [0, 0.05) is 35.5 Å². The van der Waals surface area contributed by atoms with Crippen molar-refractivity contribution in [1.82, 2.24) is 14.9 Å². The van der Waals surface area contributed by atoms with Crippen molar-refractivity contribution in [3.63, 3.8) is 0 Å². The van der Waals surface area contributed by atoms with Crippen LogP contribution in [0.4, 0.5) is 5.69 Å². The van der Waals surface area contributed by atoms with E-state index in [1.165, 1.54) is 0 Å². The van der Waals surface area contributed by atoms with Gasteiger partial charge < -0.3 is 29.0 Å². The van der Waals surface area contributed by atoms with Crippen LogP contribution in [0.1, 0.15) is 23.5 Å². The summed E-state index contributed by atoms with van der Waals surface area (Å²) in [5.74, 6) is 3.04. The minimum atomic E-state index is -0.169. The van der Waals surface area contributed by atoms with Crippen molar-refractivity contribution in [3.05, 3.63) is 127 Å². The number of benzene rings is 3. The average molecular weight is 549 g/mol. The highest BCUT2D eigenvalue weighted by Crippen LogP contribution is 2.43. The number of ether oxygens (including phenoxy) is 3. The number of anilines is 1. The maximum atomic E-state index is 6.06. The van der Waals surface area contributed by atoms with E-state index in [0.29, 0.717) is 5.11 Å². The van der Waals surface area contributed by atoms with Crippen LogP contribution in [0.2, 0.25) is 0 Å². The van der Waals surface area contributed by atoms with E-state index in [1.54, 1.807) is 14.2 Å². The first-order valence-electron chi connectivity index (χ1n) is 12.9. The molecule has 0 spiro atoms. The summed E-state index contributed by atoms with van der Waals surface area (Å²) in [6.07, 6.45) is 3.87. The fourth-order valence-corrected chi connectivity index (χ4v) is 5.36. The quantitative estimate of drug-likeness (QED) is 0.213. The predicted octanol–water partition coefficient (Wildman–Crippen LogP) is 6.86. The smallest absolute Gasteiger partial charge is 0.174 e. The monoisotopic (exact) mass is 548 g/mol. The number of methoxy groups -OCH3 is 2. The third kappa shape index (κ3) is 4.97. The van der Waals surface area contributed by atoms with E-state index < -0.39 is 0 Å². The molecule has 0 aliphatic carbocycles. The van der Waals surface area contributed by atoms with Crippen LogP contribution in [-0.2, 0) is 0 Å². The third-order valence-corrected chi connectivity index (χ3v) is 7.24. The van der Waals surface area contributed by atoms with Gasteiger partial charge in [0.05, 0.1) is 26.0 Å². The Labute approximate surface area is 238 Å². The van der Waals surface area contributed by atoms with Crippen molar-refractivity contribution in [1.29, 1.82) is 0 Å². The normalized spacial score (nSPS) is 16.4. The van der Waals surface area contributed by atoms with E-state index >= 15 is 0 Å². The maximum Gasteiger partial charge on any atom is 0.174 e. The molecule has 0 amide bonds. The second kappa shape index (κ2) is 11.1. The molecular weight excluding hydrogens is 520 g/mol. The number of rotatable bonds is 8. The number of hydrogen-bond acceptors (Lipinski definition) is 5. The van der Waals surface area contributed by atoms with Crippen molar-refractivity contribution >= 4 is 23.0 Å². The molecule has 5 aromatic rings. The van der Waals surface area contributed by atoms with Crippen LogP contribution in [-0.4, -0.2) is 28.9 Å². The van der Waals surface area contributed by atoms with Gasteiger partial charge in [0.25, 0.3) is 0 Å². The highest BCUT2D eigenvalue weighted by molar-refractivity contribution is 7.80. The van der Waals surface area contributed by atoms with E-state index in [-0.39, 0.29) is 12.1 Å². The lowest BCUT2D eigenvalue weighted by molar-refractivity contribution is 0.413. The topological polar surface area (TPSA) is 60.8 Å². The first-order valence-corrected chi connectivity index (χ1v) is 13.3. The molecule has 0 radical (unpaired) electrons. The number of thiocarbonyl (C=S) groups is 1. The fraction of sp³-hybridized carbons (Fsp3) is 0.125. The van der Waals surface area contributed by atoms with Crippen molar-refractivity contribution in [3.8, 4) is 28.7 Å². The minimum absolute atomic E-state index is 0.164. The Bertz CT molecular complexity index is 1600. The molecule has 2 aromatic heterocycles. The molecule has 40 heavy (non-hydrogen) atoms. The van der Waals surface area contributed by atoms with Crippen LogP contribution in [0.15, 0.2) is 116 Å². The van der Waals surface area contributed by atoms with Gasteiger partial charge in [-0.05, 0) is 97.1 Å². The number of nitrogens with one attached hydrogen (secondary N) is 1. The Morgan fingerprint density at radius 1 is 0.725 bits per heavy atom. The Kier molecular flexibility index (Phi) is 7.08. The van der Waals surface area contributed by atoms with Gasteiger partial charge in [0.1, 0.15) is 29.0 Å². The molecule has 200 valence electrons. The summed E-state index contributed by atoms with van der Waals surface area (Å²) in [5, 5.41) is 4.16. The Balaban J connectivity index is 1.37. The summed E-state index contributed by atoms with van der Waals surface area (Å²) < 4.78 is 19.0. The number of hydrogen-bond donors (Lipinski definition) is 1. The Morgan fingerprint density at radius 3 is 2.15 bits per heavy atom. The number of nitrogens with zero attached hydrogens (tertiary/aromatic N) is 3. The van der Waals surface area contributed by atoms with Crippen molar-refractivity contribution in [2.45, 2.75) is 12.1 Å². The van der Waals surface area contributed by atoms with Gasteiger partial charge in [0.2, 0.25) is 0 Å². The highest BCUT2D eigenvalue weighted by atomic mass is 32.1. The molecule has 1 fully saturated rings. The molecule has 0 unspecified atom stereocenters. The molecule has 2 atom stereocenters. The van der Waals surface area contributed by atoms with E-state index in [0.717, 1.165) is 45.8 Å². The van der Waals surface area contributed by atoms with E-state index in [4.69, 9.17) is 26.4 Å². The summed E-state index contributed by atoms with van der Waals surface area (Å²) >= 11 is 5.93. The molecule has 8 heteroatoms. The van der Waals surface area contributed by atoms with Crippen molar-refractivity contribution in [2.75, 3.05) is 19.1 Å². The van der Waals surface area contributed by atoms with Crippen LogP contribution in [0.25, 0.3) is 5.69 Å². The van der Waals surface area contributed by atoms with Crippen LogP contribution < -0.4 is 24.4 Å². The molecule has 3 aromatic carbocycles. The molecule has 7 nitrogen and oxygen atoms in total. The molecule has 1 aliphatic rings. The zero-order valence-electron chi connectivity index (χ0n) is 22.1. The van der Waals surface area contributed by atoms with E-state index in [9.17, 15) is 0 Å². The summed E-state index contributed by atoms with van der Waals surface area (Å²) in [4.78, 5) is 6.83. The van der Waals surface area contributed by atoms with Crippen LogP contribution >= 0.6 is 12.2 Å². The van der Waals surface area contributed by atoms with Gasteiger partial charge in [-0.25, -0.2) is 0 Å². The average Bonchev–Trinajstić information content (AvgIpc) is 3.63. The van der Waals surface area contributed by atoms with Crippen LogP contribution in [0, 0.1) is 0 Å². The van der Waals surface area contributed by atoms with Gasteiger partial charge >= 0.3 is 0 Å². The Hall–Kier alpha value is -4.82. The maximum absolute atomic E-state index is 6.06. The fourth-order valence-electron chi connectivity index (χ4n) is 5.02. The van der Waals surface area contributed by atoms with E-state index in [1.807, 2.05) is 91.1 Å². The highest BCUT2D eigenvalue weighted by Gasteiger charge is 2.42. The zero-order chi connectivity index (χ0) is 27.5. The molecule has 1 saturated heterocycles. The lowest BCUT2D eigenvalue weighted by atomic mass is 10.0. The third-order valence-electron chi connectivity index (χ3n) is 6.92. The first kappa shape index (κ1) is 25.5. The van der Waals surface area contributed by atoms with Gasteiger partial charge in [0.15, 0.2) is 5.11 Å². The lowest BCUT2D eigenvalue weighted by Gasteiger charge is -2.29. The predicted molar refractivity (Wildman–Crippen MR) is 160 cm³/mol. The van der Waals surface area contributed by atoms with Crippen LogP contribution in [0.5, 0.6) is 23.0 Å². The first-order chi connectivity index (χ1) is 19.6. The molecular formula is C32H28N4O3S. The summed E-state index contributed by atoms with van der Waals surface area (Å²) in [6, 6.07) is 33.3. The summed E-state index contributed by atoms with van der Waals surface area (Å²) in [5.41, 5.74) is 3.92. The van der Waals surface area contributed by atoms with Gasteiger partial charge in [-0.15, -0.1) is 0 Å². The summed E-state index contributed by atoms with van der Waals surface area (Å²) in [6.45, 7) is 0.